The van der Waals surface area contributed by atoms with Crippen molar-refractivity contribution >= 4 is 29.6 Å². The Bertz CT molecular complexity index is 741. The topological polar surface area (TPSA) is 107 Å². The first-order chi connectivity index (χ1) is 10.5. The van der Waals surface area contributed by atoms with Crippen LogP contribution in [0.15, 0.2) is 39.9 Å². The normalized spacial score (nSPS) is 10.6. The third-order valence-corrected chi connectivity index (χ3v) is 2.79. The van der Waals surface area contributed by atoms with E-state index in [1.165, 1.54) is 25.3 Å². The molecule has 0 spiro atoms. The van der Waals surface area contributed by atoms with Gasteiger partial charge in [-0.15, -0.1) is 0 Å². The van der Waals surface area contributed by atoms with Crippen LogP contribution in [0.3, 0.4) is 0 Å². The van der Waals surface area contributed by atoms with Crippen LogP contribution in [0.25, 0.3) is 0 Å². The molecule has 2 aromatic rings. The highest BCUT2D eigenvalue weighted by molar-refractivity contribution is 6.31. The van der Waals surface area contributed by atoms with Crippen molar-refractivity contribution in [2.45, 2.75) is 0 Å². The number of carbonyl (C=O) groups excluding carboxylic acids is 1. The zero-order valence-corrected chi connectivity index (χ0v) is 12.0. The average Bonchev–Trinajstić information content (AvgIpc) is 2.96. The van der Waals surface area contributed by atoms with Gasteiger partial charge in [0.05, 0.1) is 25.0 Å². The minimum atomic E-state index is -0.674. The Morgan fingerprint density at radius 1 is 1.45 bits per heavy atom. The van der Waals surface area contributed by atoms with E-state index in [0.29, 0.717) is 10.8 Å². The Balaban J connectivity index is 2.07. The third kappa shape index (κ3) is 3.61. The van der Waals surface area contributed by atoms with Gasteiger partial charge in [-0.25, -0.2) is 5.43 Å². The highest BCUT2D eigenvalue weighted by Crippen LogP contribution is 2.22. The van der Waals surface area contributed by atoms with Gasteiger partial charge in [-0.1, -0.05) is 11.6 Å². The molecule has 9 heteroatoms. The lowest BCUT2D eigenvalue weighted by Crippen LogP contribution is -2.18. The number of nitrogens with one attached hydrogen (secondary N) is 1. The lowest BCUT2D eigenvalue weighted by Gasteiger charge is -2.06. The molecule has 0 radical (unpaired) electrons. The molecule has 0 aliphatic heterocycles. The van der Waals surface area contributed by atoms with Crippen molar-refractivity contribution in [3.8, 4) is 5.75 Å². The second kappa shape index (κ2) is 6.72. The van der Waals surface area contributed by atoms with Gasteiger partial charge in [-0.05, 0) is 24.3 Å². The number of benzene rings is 1. The van der Waals surface area contributed by atoms with Gasteiger partial charge >= 0.3 is 5.88 Å². The highest BCUT2D eigenvalue weighted by Gasteiger charge is 2.13. The van der Waals surface area contributed by atoms with Crippen molar-refractivity contribution in [2.75, 3.05) is 7.11 Å². The summed E-state index contributed by atoms with van der Waals surface area (Å²) in [5.41, 5.74) is 2.46. The standard InChI is InChI=1S/C13H10ClN3O5/c1-21-11-4-2-8(14)6-10(11)13(18)16-15-7-9-3-5-12(22-9)17(19)20/h2-7H,1H3,(H,16,18)/b15-7+. The van der Waals surface area contributed by atoms with Gasteiger partial charge in [-0.2, -0.15) is 5.10 Å². The number of furan rings is 1. The molecule has 0 fully saturated rings. The first-order valence-electron chi connectivity index (χ1n) is 5.92. The molecule has 1 aromatic heterocycles. The van der Waals surface area contributed by atoms with E-state index in [4.69, 9.17) is 20.8 Å². The van der Waals surface area contributed by atoms with Crippen LogP contribution in [0.4, 0.5) is 5.88 Å². The number of hydrazone groups is 1. The summed E-state index contributed by atoms with van der Waals surface area (Å²) in [5.74, 6) is -0.489. The zero-order chi connectivity index (χ0) is 16.1. The van der Waals surface area contributed by atoms with Gasteiger partial charge in [0.25, 0.3) is 5.91 Å². The minimum absolute atomic E-state index is 0.130. The fourth-order valence-corrected chi connectivity index (χ4v) is 1.75. The number of amides is 1. The SMILES string of the molecule is COc1ccc(Cl)cc1C(=O)N/N=C/c1ccc([N+](=O)[O-])o1. The molecular weight excluding hydrogens is 314 g/mol. The predicted molar refractivity (Wildman–Crippen MR) is 78.4 cm³/mol. The zero-order valence-electron chi connectivity index (χ0n) is 11.3. The van der Waals surface area contributed by atoms with Crippen molar-refractivity contribution in [1.29, 1.82) is 0 Å². The summed E-state index contributed by atoms with van der Waals surface area (Å²) in [6.07, 6.45) is 1.14. The van der Waals surface area contributed by atoms with E-state index < -0.39 is 16.7 Å². The Hall–Kier alpha value is -2.87. The molecule has 2 rings (SSSR count). The summed E-state index contributed by atoms with van der Waals surface area (Å²) in [7, 11) is 1.42. The summed E-state index contributed by atoms with van der Waals surface area (Å²) in [6, 6.07) is 7.11. The highest BCUT2D eigenvalue weighted by atomic mass is 35.5. The fourth-order valence-electron chi connectivity index (χ4n) is 1.58. The van der Waals surface area contributed by atoms with Crippen LogP contribution < -0.4 is 10.2 Å². The molecule has 0 saturated carbocycles. The molecule has 22 heavy (non-hydrogen) atoms. The number of nitrogens with zero attached hydrogens (tertiary/aromatic N) is 2. The van der Waals surface area contributed by atoms with Crippen molar-refractivity contribution in [2.24, 2.45) is 5.10 Å². The van der Waals surface area contributed by atoms with E-state index in [1.54, 1.807) is 12.1 Å². The molecule has 1 aromatic carbocycles. The maximum atomic E-state index is 12.0. The molecule has 1 heterocycles. The smallest absolute Gasteiger partial charge is 0.433 e. The first-order valence-corrected chi connectivity index (χ1v) is 6.30. The van der Waals surface area contributed by atoms with Crippen LogP contribution in [0.5, 0.6) is 5.75 Å². The van der Waals surface area contributed by atoms with Gasteiger partial charge in [0.15, 0.2) is 5.76 Å². The van der Waals surface area contributed by atoms with Crippen LogP contribution in [-0.4, -0.2) is 24.2 Å². The maximum Gasteiger partial charge on any atom is 0.433 e. The van der Waals surface area contributed by atoms with Crippen molar-refractivity contribution in [3.05, 3.63) is 56.8 Å². The Morgan fingerprint density at radius 3 is 2.86 bits per heavy atom. The Labute approximate surface area is 129 Å². The van der Waals surface area contributed by atoms with Crippen LogP contribution in [0.2, 0.25) is 5.02 Å². The Kier molecular flexibility index (Phi) is 4.74. The summed E-state index contributed by atoms with van der Waals surface area (Å²) >= 11 is 5.83. The molecule has 0 aliphatic carbocycles. The molecule has 0 aliphatic rings. The molecule has 1 amide bonds. The number of ether oxygens (including phenoxy) is 1. The monoisotopic (exact) mass is 323 g/mol. The van der Waals surface area contributed by atoms with E-state index in [-0.39, 0.29) is 11.3 Å². The predicted octanol–water partition coefficient (Wildman–Crippen LogP) is 2.61. The van der Waals surface area contributed by atoms with E-state index in [0.717, 1.165) is 6.21 Å². The minimum Gasteiger partial charge on any atom is -0.496 e. The number of hydrogen-bond donors (Lipinski definition) is 1. The van der Waals surface area contributed by atoms with Gasteiger partial charge in [0, 0.05) is 5.02 Å². The number of nitro groups is 1. The number of methoxy groups -OCH3 is 1. The van der Waals surface area contributed by atoms with Crippen molar-refractivity contribution in [3.63, 3.8) is 0 Å². The van der Waals surface area contributed by atoms with Gasteiger partial charge in [0.1, 0.15) is 10.7 Å². The van der Waals surface area contributed by atoms with Crippen LogP contribution in [0.1, 0.15) is 16.1 Å². The quantitative estimate of drug-likeness (QED) is 0.517. The van der Waals surface area contributed by atoms with Gasteiger partial charge in [0.2, 0.25) is 0 Å². The summed E-state index contributed by atoms with van der Waals surface area (Å²) in [5, 5.41) is 14.5. The first kappa shape index (κ1) is 15.5. The number of carbonyl (C=O) groups is 1. The Morgan fingerprint density at radius 2 is 2.23 bits per heavy atom. The van der Waals surface area contributed by atoms with Gasteiger partial charge < -0.3 is 9.15 Å². The second-order valence-corrected chi connectivity index (χ2v) is 4.41. The fraction of sp³-hybridized carbons (Fsp3) is 0.0769. The number of hydrogen-bond acceptors (Lipinski definition) is 6. The summed E-state index contributed by atoms with van der Waals surface area (Å²) in [6.45, 7) is 0. The molecule has 0 atom stereocenters. The molecular formula is C13H10ClN3O5. The number of rotatable bonds is 5. The molecule has 0 unspecified atom stereocenters. The largest absolute Gasteiger partial charge is 0.496 e. The van der Waals surface area contributed by atoms with E-state index in [1.807, 2.05) is 0 Å². The molecule has 0 bridgehead atoms. The third-order valence-electron chi connectivity index (χ3n) is 2.56. The maximum absolute atomic E-state index is 12.0. The van der Waals surface area contributed by atoms with E-state index in [9.17, 15) is 14.9 Å². The molecule has 0 saturated heterocycles. The van der Waals surface area contributed by atoms with Gasteiger partial charge in [-0.3, -0.25) is 14.9 Å². The van der Waals surface area contributed by atoms with Crippen molar-refractivity contribution < 1.29 is 18.9 Å². The van der Waals surface area contributed by atoms with Crippen LogP contribution in [0, 0.1) is 10.1 Å². The van der Waals surface area contributed by atoms with E-state index >= 15 is 0 Å². The molecule has 114 valence electrons. The summed E-state index contributed by atoms with van der Waals surface area (Å²) in [4.78, 5) is 21.8. The average molecular weight is 324 g/mol. The number of halogens is 1. The molecule has 8 nitrogen and oxygen atoms in total. The summed E-state index contributed by atoms with van der Waals surface area (Å²) < 4.78 is 9.90. The lowest BCUT2D eigenvalue weighted by molar-refractivity contribution is -0.402. The van der Waals surface area contributed by atoms with Crippen LogP contribution in [-0.2, 0) is 0 Å². The second-order valence-electron chi connectivity index (χ2n) is 3.98. The van der Waals surface area contributed by atoms with E-state index in [2.05, 4.69) is 10.5 Å². The lowest BCUT2D eigenvalue weighted by atomic mass is 10.2. The van der Waals surface area contributed by atoms with Crippen LogP contribution >= 0.6 is 11.6 Å². The van der Waals surface area contributed by atoms with Crippen molar-refractivity contribution in [1.82, 2.24) is 5.43 Å². The molecule has 1 N–H and O–H groups in total.